The van der Waals surface area contributed by atoms with Crippen LogP contribution in [-0.2, 0) is 6.30 Å². The van der Waals surface area contributed by atoms with E-state index in [1.807, 2.05) is 13.8 Å². The van der Waals surface area contributed by atoms with Crippen molar-refractivity contribution in [2.45, 2.75) is 45.5 Å². The lowest BCUT2D eigenvalue weighted by molar-refractivity contribution is -0.201. The molecular weight excluding hydrogens is 283 g/mol. The number of pyridine rings is 1. The standard InChI is InChI=1S/C14H16F3N3O/c1-6-4-7(2)18-13-11(6)8(3)12-9(5-10(21)19-12)20(13)14(15,16)17/h5-7,18H,4H2,1-3H3,(H,19,21). The molecule has 3 aliphatic heterocycles. The highest BCUT2D eigenvalue weighted by Gasteiger charge is 2.40. The third kappa shape index (κ3) is 2.02. The Morgan fingerprint density at radius 1 is 1.33 bits per heavy atom. The molecular formula is C14H16F3N3O. The van der Waals surface area contributed by atoms with Crippen LogP contribution in [0.2, 0.25) is 0 Å². The quantitative estimate of drug-likeness (QED) is 0.783. The first kappa shape index (κ1) is 14.0. The molecule has 2 N–H and O–H groups in total. The van der Waals surface area contributed by atoms with Gasteiger partial charge in [0.25, 0.3) is 5.56 Å². The Balaban J connectivity index is 2.46. The Labute approximate surface area is 119 Å². The maximum atomic E-state index is 13.5. The summed E-state index contributed by atoms with van der Waals surface area (Å²) in [6.45, 7) is 5.53. The molecule has 0 aromatic carbocycles. The number of halogens is 3. The summed E-state index contributed by atoms with van der Waals surface area (Å²) >= 11 is 0. The van der Waals surface area contributed by atoms with Gasteiger partial charge in [-0.05, 0) is 31.7 Å². The minimum atomic E-state index is -4.59. The average Bonchev–Trinajstić information content (AvgIpc) is 2.67. The molecule has 3 aliphatic rings. The number of aromatic amines is 1. The van der Waals surface area contributed by atoms with E-state index in [-0.39, 0.29) is 33.7 Å². The van der Waals surface area contributed by atoms with Crippen LogP contribution in [0.3, 0.4) is 0 Å². The van der Waals surface area contributed by atoms with Gasteiger partial charge in [0.1, 0.15) is 5.82 Å². The summed E-state index contributed by atoms with van der Waals surface area (Å²) in [4.78, 5) is 14.0. The normalized spacial score (nSPS) is 22.2. The van der Waals surface area contributed by atoms with Gasteiger partial charge in [-0.2, -0.15) is 0 Å². The second-order valence-electron chi connectivity index (χ2n) is 5.77. The molecule has 0 bridgehead atoms. The van der Waals surface area contributed by atoms with Gasteiger partial charge in [-0.25, -0.2) is 4.57 Å². The highest BCUT2D eigenvalue weighted by Crippen LogP contribution is 2.45. The number of rotatable bonds is 0. The summed E-state index contributed by atoms with van der Waals surface area (Å²) in [6, 6.07) is 0.949. The van der Waals surface area contributed by atoms with Crippen molar-refractivity contribution in [3.05, 3.63) is 27.5 Å². The molecule has 2 unspecified atom stereocenters. The first-order valence-electron chi connectivity index (χ1n) is 6.82. The predicted octanol–water partition coefficient (Wildman–Crippen LogP) is 3.37. The van der Waals surface area contributed by atoms with Crippen LogP contribution in [0.25, 0.3) is 11.4 Å². The van der Waals surface area contributed by atoms with Crippen LogP contribution in [0.5, 0.6) is 0 Å². The molecule has 0 fully saturated rings. The lowest BCUT2D eigenvalue weighted by Gasteiger charge is -2.35. The number of alkyl halides is 3. The van der Waals surface area contributed by atoms with Crippen LogP contribution >= 0.6 is 0 Å². The van der Waals surface area contributed by atoms with E-state index in [9.17, 15) is 18.0 Å². The molecule has 3 rings (SSSR count). The number of fused-ring (bicyclic) bond motifs is 2. The van der Waals surface area contributed by atoms with Crippen LogP contribution < -0.4 is 10.9 Å². The van der Waals surface area contributed by atoms with Gasteiger partial charge in [0.15, 0.2) is 0 Å². The van der Waals surface area contributed by atoms with Crippen molar-refractivity contribution in [2.75, 3.05) is 5.32 Å². The Hall–Kier alpha value is -1.92. The number of aromatic nitrogens is 2. The Morgan fingerprint density at radius 2 is 2.00 bits per heavy atom. The fraction of sp³-hybridized carbons (Fsp3) is 0.500. The zero-order valence-electron chi connectivity index (χ0n) is 11.9. The Morgan fingerprint density at radius 3 is 2.62 bits per heavy atom. The van der Waals surface area contributed by atoms with E-state index in [0.29, 0.717) is 11.1 Å². The van der Waals surface area contributed by atoms with Gasteiger partial charge in [-0.15, -0.1) is 13.2 Å². The fourth-order valence-electron chi connectivity index (χ4n) is 3.38. The van der Waals surface area contributed by atoms with E-state index in [4.69, 9.17) is 0 Å². The zero-order valence-corrected chi connectivity index (χ0v) is 11.9. The van der Waals surface area contributed by atoms with Crippen molar-refractivity contribution < 1.29 is 13.2 Å². The lowest BCUT2D eigenvalue weighted by atomic mass is 9.86. The molecule has 0 spiro atoms. The summed E-state index contributed by atoms with van der Waals surface area (Å²) < 4.78 is 40.8. The SMILES string of the molecule is Cc1c2[nH]c(=O)cc-2n(C(F)(F)F)c2c1C(C)CC(C)N2. The third-order valence-corrected chi connectivity index (χ3v) is 4.11. The van der Waals surface area contributed by atoms with Crippen LogP contribution in [0, 0.1) is 6.92 Å². The van der Waals surface area contributed by atoms with Gasteiger partial charge in [-0.1, -0.05) is 6.92 Å². The molecule has 3 heterocycles. The molecule has 0 aromatic heterocycles. The number of hydrogen-bond acceptors (Lipinski definition) is 2. The van der Waals surface area contributed by atoms with E-state index in [2.05, 4.69) is 10.3 Å². The molecule has 4 nitrogen and oxygen atoms in total. The first-order chi connectivity index (χ1) is 9.70. The number of nitrogens with zero attached hydrogens (tertiary/aromatic N) is 1. The molecule has 21 heavy (non-hydrogen) atoms. The average molecular weight is 299 g/mol. The highest BCUT2D eigenvalue weighted by molar-refractivity contribution is 5.72. The van der Waals surface area contributed by atoms with E-state index in [0.717, 1.165) is 12.5 Å². The summed E-state index contributed by atoms with van der Waals surface area (Å²) in [5.41, 5.74) is 0.945. The smallest absolute Gasteiger partial charge is 0.369 e. The zero-order chi connectivity index (χ0) is 15.5. The van der Waals surface area contributed by atoms with Crippen molar-refractivity contribution in [3.63, 3.8) is 0 Å². The maximum Gasteiger partial charge on any atom is 0.490 e. The molecule has 2 atom stereocenters. The largest absolute Gasteiger partial charge is 0.490 e. The van der Waals surface area contributed by atoms with Gasteiger partial charge in [0, 0.05) is 17.7 Å². The molecule has 0 saturated heterocycles. The monoisotopic (exact) mass is 299 g/mol. The number of hydrogen-bond donors (Lipinski definition) is 2. The minimum absolute atomic E-state index is 0.00680. The summed E-state index contributed by atoms with van der Waals surface area (Å²) in [5.74, 6) is 0.0467. The topological polar surface area (TPSA) is 49.8 Å². The number of H-pyrrole nitrogens is 1. The Bertz CT molecular complexity index is 729. The molecule has 114 valence electrons. The van der Waals surface area contributed by atoms with Crippen molar-refractivity contribution >= 4 is 5.82 Å². The molecule has 0 amide bonds. The van der Waals surface area contributed by atoms with E-state index in [1.54, 1.807) is 6.92 Å². The first-order valence-corrected chi connectivity index (χ1v) is 6.82. The van der Waals surface area contributed by atoms with Gasteiger partial charge >= 0.3 is 6.30 Å². The second-order valence-corrected chi connectivity index (χ2v) is 5.77. The van der Waals surface area contributed by atoms with Crippen LogP contribution in [0.1, 0.15) is 37.3 Å². The maximum absolute atomic E-state index is 13.5. The van der Waals surface area contributed by atoms with Crippen LogP contribution in [0.4, 0.5) is 19.0 Å². The molecule has 0 aromatic rings. The summed E-state index contributed by atoms with van der Waals surface area (Å²) in [5, 5.41) is 2.93. The lowest BCUT2D eigenvalue weighted by Crippen LogP contribution is -2.33. The van der Waals surface area contributed by atoms with Crippen LogP contribution in [-0.4, -0.2) is 15.6 Å². The van der Waals surface area contributed by atoms with E-state index in [1.165, 1.54) is 0 Å². The van der Waals surface area contributed by atoms with Gasteiger partial charge in [0.05, 0.1) is 11.4 Å². The molecule has 0 saturated carbocycles. The molecule has 0 radical (unpaired) electrons. The van der Waals surface area contributed by atoms with Gasteiger partial charge < -0.3 is 10.3 Å². The molecule has 0 aliphatic carbocycles. The minimum Gasteiger partial charge on any atom is -0.369 e. The Kier molecular flexibility index (Phi) is 2.86. The van der Waals surface area contributed by atoms with Crippen molar-refractivity contribution in [3.8, 4) is 11.4 Å². The summed E-state index contributed by atoms with van der Waals surface area (Å²) in [6.07, 6.45) is -3.84. The van der Waals surface area contributed by atoms with Gasteiger partial charge in [-0.3, -0.25) is 4.79 Å². The van der Waals surface area contributed by atoms with Crippen molar-refractivity contribution in [2.24, 2.45) is 0 Å². The predicted molar refractivity (Wildman–Crippen MR) is 73.8 cm³/mol. The number of anilines is 1. The van der Waals surface area contributed by atoms with Crippen LogP contribution in [0.15, 0.2) is 10.9 Å². The molecule has 7 heteroatoms. The fourth-order valence-corrected chi connectivity index (χ4v) is 3.38. The van der Waals surface area contributed by atoms with Gasteiger partial charge in [0.2, 0.25) is 0 Å². The number of nitrogens with one attached hydrogen (secondary N) is 2. The van der Waals surface area contributed by atoms with Crippen molar-refractivity contribution in [1.29, 1.82) is 0 Å². The second kappa shape index (κ2) is 4.29. The third-order valence-electron chi connectivity index (χ3n) is 4.11. The highest BCUT2D eigenvalue weighted by atomic mass is 19.4. The van der Waals surface area contributed by atoms with E-state index < -0.39 is 11.9 Å². The van der Waals surface area contributed by atoms with E-state index >= 15 is 0 Å². The summed E-state index contributed by atoms with van der Waals surface area (Å²) in [7, 11) is 0. The van der Waals surface area contributed by atoms with Crippen molar-refractivity contribution in [1.82, 2.24) is 9.55 Å².